The van der Waals surface area contributed by atoms with Crippen LogP contribution in [0.4, 0.5) is 10.5 Å². The van der Waals surface area contributed by atoms with Crippen LogP contribution in [0.15, 0.2) is 36.5 Å². The molecule has 2 aromatic rings. The Kier molecular flexibility index (Phi) is 4.02. The minimum atomic E-state index is -0.925. The summed E-state index contributed by atoms with van der Waals surface area (Å²) in [5, 5.41) is 2.65. The molecule has 0 aliphatic carbocycles. The molecule has 1 saturated heterocycles. The summed E-state index contributed by atoms with van der Waals surface area (Å²) in [6.45, 7) is 6.16. The van der Waals surface area contributed by atoms with Gasteiger partial charge in [0.25, 0.3) is 5.91 Å². The molecule has 0 bridgehead atoms. The quantitative estimate of drug-likeness (QED) is 0.842. The number of hydrogen-bond acceptors (Lipinski definition) is 5. The van der Waals surface area contributed by atoms with Gasteiger partial charge in [-0.2, -0.15) is 0 Å². The molecule has 1 aromatic carbocycles. The lowest BCUT2D eigenvalue weighted by Gasteiger charge is -2.24. The summed E-state index contributed by atoms with van der Waals surface area (Å²) in [7, 11) is 0. The summed E-state index contributed by atoms with van der Waals surface area (Å²) >= 11 is 0. The highest BCUT2D eigenvalue weighted by atomic mass is 16.5. The van der Waals surface area contributed by atoms with Crippen LogP contribution in [0.1, 0.15) is 26.3 Å². The van der Waals surface area contributed by atoms with Crippen molar-refractivity contribution < 1.29 is 19.1 Å². The fraction of sp³-hybridized carbons (Fsp3) is 0.350. The molecule has 1 atom stereocenters. The summed E-state index contributed by atoms with van der Waals surface area (Å²) < 4.78 is 11.7. The van der Waals surface area contributed by atoms with Crippen molar-refractivity contribution in [3.05, 3.63) is 42.1 Å². The van der Waals surface area contributed by atoms with Crippen molar-refractivity contribution in [2.24, 2.45) is 5.92 Å². The molecule has 1 fully saturated rings. The Hall–Kier alpha value is -3.09. The van der Waals surface area contributed by atoms with E-state index < -0.39 is 11.6 Å². The maximum atomic E-state index is 12.4. The Balaban J connectivity index is 1.56. The van der Waals surface area contributed by atoms with Gasteiger partial charge in [-0.25, -0.2) is 14.7 Å². The molecule has 0 radical (unpaired) electrons. The number of rotatable bonds is 3. The molecule has 0 saturated carbocycles. The number of ether oxygens (including phenoxy) is 2. The third-order valence-electron chi connectivity index (χ3n) is 4.72. The zero-order valence-electron chi connectivity index (χ0n) is 15.5. The van der Waals surface area contributed by atoms with E-state index in [1.165, 1.54) is 6.20 Å². The van der Waals surface area contributed by atoms with E-state index in [0.29, 0.717) is 29.8 Å². The van der Waals surface area contributed by atoms with Crippen LogP contribution in [-0.2, 0) is 11.2 Å². The van der Waals surface area contributed by atoms with E-state index in [1.54, 1.807) is 26.0 Å². The highest BCUT2D eigenvalue weighted by molar-refractivity contribution is 6.22. The molecule has 3 heterocycles. The van der Waals surface area contributed by atoms with E-state index in [1.807, 2.05) is 18.2 Å². The number of nitrogens with one attached hydrogen (secondary N) is 1. The van der Waals surface area contributed by atoms with Crippen molar-refractivity contribution in [3.8, 4) is 17.4 Å². The Morgan fingerprint density at radius 3 is 2.74 bits per heavy atom. The molecule has 1 aromatic heterocycles. The number of urea groups is 1. The number of aromatic nitrogens is 1. The van der Waals surface area contributed by atoms with Gasteiger partial charge in [0.1, 0.15) is 17.0 Å². The zero-order chi connectivity index (χ0) is 19.2. The highest BCUT2D eigenvalue weighted by Crippen LogP contribution is 2.36. The second-order valence-corrected chi connectivity index (χ2v) is 7.51. The van der Waals surface area contributed by atoms with Crippen molar-refractivity contribution in [3.63, 3.8) is 0 Å². The van der Waals surface area contributed by atoms with Crippen LogP contribution < -0.4 is 19.7 Å². The number of hydrogen-bond donors (Lipinski definition) is 1. The third kappa shape index (κ3) is 3.09. The van der Waals surface area contributed by atoms with E-state index >= 15 is 0 Å². The molecule has 4 rings (SSSR count). The maximum Gasteiger partial charge on any atom is 0.329 e. The van der Waals surface area contributed by atoms with Crippen molar-refractivity contribution in [2.45, 2.75) is 32.7 Å². The van der Waals surface area contributed by atoms with Gasteiger partial charge >= 0.3 is 6.03 Å². The predicted octanol–water partition coefficient (Wildman–Crippen LogP) is 3.28. The van der Waals surface area contributed by atoms with Crippen LogP contribution in [0.3, 0.4) is 0 Å². The molecule has 3 amide bonds. The topological polar surface area (TPSA) is 80.8 Å². The SMILES string of the molecule is CC1COc2cccc(Oc3ccc(N4C(=O)NC(C)(C)C4=O)cn3)c2C1. The lowest BCUT2D eigenvalue weighted by atomic mass is 9.98. The van der Waals surface area contributed by atoms with Crippen molar-refractivity contribution in [1.82, 2.24) is 10.3 Å². The molecule has 2 aliphatic rings. The average molecular weight is 367 g/mol. The van der Waals surface area contributed by atoms with Gasteiger partial charge in [-0.1, -0.05) is 13.0 Å². The second kappa shape index (κ2) is 6.26. The fourth-order valence-corrected chi connectivity index (χ4v) is 3.28. The molecule has 2 aliphatic heterocycles. The van der Waals surface area contributed by atoms with Gasteiger partial charge in [0.05, 0.1) is 18.5 Å². The maximum absolute atomic E-state index is 12.4. The first-order chi connectivity index (χ1) is 12.8. The Morgan fingerprint density at radius 2 is 2.07 bits per heavy atom. The number of amides is 3. The Labute approximate surface area is 157 Å². The summed E-state index contributed by atoms with van der Waals surface area (Å²) in [5.74, 6) is 2.03. The minimum absolute atomic E-state index is 0.314. The summed E-state index contributed by atoms with van der Waals surface area (Å²) in [5.41, 5.74) is 0.506. The van der Waals surface area contributed by atoms with E-state index in [-0.39, 0.29) is 5.91 Å². The summed E-state index contributed by atoms with van der Waals surface area (Å²) in [6.07, 6.45) is 2.34. The summed E-state index contributed by atoms with van der Waals surface area (Å²) in [6, 6.07) is 8.54. The summed E-state index contributed by atoms with van der Waals surface area (Å²) in [4.78, 5) is 29.8. The average Bonchev–Trinajstić information content (AvgIpc) is 2.83. The van der Waals surface area contributed by atoms with Gasteiger partial charge in [0.15, 0.2) is 0 Å². The van der Waals surface area contributed by atoms with Gasteiger partial charge in [0.2, 0.25) is 5.88 Å². The normalized spacial score (nSPS) is 20.7. The number of carbonyl (C=O) groups is 2. The number of pyridine rings is 1. The van der Waals surface area contributed by atoms with E-state index in [4.69, 9.17) is 9.47 Å². The van der Waals surface area contributed by atoms with Crippen LogP contribution in [0.2, 0.25) is 0 Å². The first-order valence-electron chi connectivity index (χ1n) is 8.90. The number of nitrogens with zero attached hydrogens (tertiary/aromatic N) is 2. The first-order valence-corrected chi connectivity index (χ1v) is 8.90. The molecular formula is C20H21N3O4. The monoisotopic (exact) mass is 367 g/mol. The standard InChI is InChI=1S/C20H21N3O4/c1-12-9-14-15(26-11-12)5-4-6-16(14)27-17-8-7-13(10-21-17)23-18(24)20(2,3)22-19(23)25/h4-8,10,12H,9,11H2,1-3H3,(H,22,25). The van der Waals surface area contributed by atoms with Gasteiger partial charge < -0.3 is 14.8 Å². The zero-order valence-corrected chi connectivity index (χ0v) is 15.5. The molecule has 1 unspecified atom stereocenters. The largest absolute Gasteiger partial charge is 0.493 e. The van der Waals surface area contributed by atoms with E-state index in [2.05, 4.69) is 17.2 Å². The van der Waals surface area contributed by atoms with Crippen LogP contribution in [-0.4, -0.2) is 29.1 Å². The van der Waals surface area contributed by atoms with Gasteiger partial charge in [-0.05, 0) is 44.4 Å². The molecule has 1 N–H and O–H groups in total. The first kappa shape index (κ1) is 17.3. The second-order valence-electron chi connectivity index (χ2n) is 7.51. The molecular weight excluding hydrogens is 346 g/mol. The number of benzene rings is 1. The van der Waals surface area contributed by atoms with Crippen LogP contribution in [0, 0.1) is 5.92 Å². The lowest BCUT2D eigenvalue weighted by molar-refractivity contribution is -0.121. The lowest BCUT2D eigenvalue weighted by Crippen LogP contribution is -2.40. The van der Waals surface area contributed by atoms with Gasteiger partial charge in [0, 0.05) is 11.6 Å². The van der Waals surface area contributed by atoms with E-state index in [0.717, 1.165) is 22.6 Å². The number of carbonyl (C=O) groups excluding carboxylic acids is 2. The van der Waals surface area contributed by atoms with E-state index in [9.17, 15) is 9.59 Å². The fourth-order valence-electron chi connectivity index (χ4n) is 3.28. The van der Waals surface area contributed by atoms with Crippen LogP contribution in [0.25, 0.3) is 0 Å². The third-order valence-corrected chi connectivity index (χ3v) is 4.72. The molecule has 27 heavy (non-hydrogen) atoms. The number of fused-ring (bicyclic) bond motifs is 1. The molecule has 140 valence electrons. The van der Waals surface area contributed by atoms with Crippen LogP contribution >= 0.6 is 0 Å². The Bertz CT molecular complexity index is 908. The van der Waals surface area contributed by atoms with Crippen molar-refractivity contribution >= 4 is 17.6 Å². The smallest absolute Gasteiger partial charge is 0.329 e. The Morgan fingerprint density at radius 1 is 1.26 bits per heavy atom. The van der Waals surface area contributed by atoms with Crippen molar-refractivity contribution in [1.29, 1.82) is 0 Å². The van der Waals surface area contributed by atoms with Crippen LogP contribution in [0.5, 0.6) is 17.4 Å². The number of imide groups is 1. The predicted molar refractivity (Wildman–Crippen MR) is 99.2 cm³/mol. The molecule has 7 heteroatoms. The van der Waals surface area contributed by atoms with Gasteiger partial charge in [-0.3, -0.25) is 4.79 Å². The number of anilines is 1. The van der Waals surface area contributed by atoms with Crippen molar-refractivity contribution in [2.75, 3.05) is 11.5 Å². The minimum Gasteiger partial charge on any atom is -0.493 e. The highest BCUT2D eigenvalue weighted by Gasteiger charge is 2.45. The molecule has 0 spiro atoms. The molecule has 7 nitrogen and oxygen atoms in total. The van der Waals surface area contributed by atoms with Gasteiger partial charge in [-0.15, -0.1) is 0 Å².